The lowest BCUT2D eigenvalue weighted by Gasteiger charge is -2.03. The van der Waals surface area contributed by atoms with E-state index in [0.717, 1.165) is 30.9 Å². The van der Waals surface area contributed by atoms with Crippen LogP contribution in [0.25, 0.3) is 5.69 Å². The van der Waals surface area contributed by atoms with Crippen molar-refractivity contribution in [1.29, 1.82) is 0 Å². The molecule has 0 unspecified atom stereocenters. The van der Waals surface area contributed by atoms with Crippen LogP contribution in [0.3, 0.4) is 0 Å². The van der Waals surface area contributed by atoms with Crippen LogP contribution >= 0.6 is 0 Å². The fraction of sp³-hybridized carbons (Fsp3) is 0.200. The van der Waals surface area contributed by atoms with Gasteiger partial charge in [0.15, 0.2) is 0 Å². The van der Waals surface area contributed by atoms with Gasteiger partial charge in [0.25, 0.3) is 0 Å². The molecule has 2 heterocycles. The third kappa shape index (κ3) is 3.55. The van der Waals surface area contributed by atoms with Crippen molar-refractivity contribution in [3.05, 3.63) is 66.5 Å². The van der Waals surface area contributed by atoms with Crippen LogP contribution in [0.15, 0.2) is 55.1 Å². The van der Waals surface area contributed by atoms with Crippen molar-refractivity contribution in [3.63, 3.8) is 0 Å². The second-order valence-electron chi connectivity index (χ2n) is 4.72. The number of hydrogen-bond donors (Lipinski definition) is 1. The lowest BCUT2D eigenvalue weighted by atomic mass is 10.3. The van der Waals surface area contributed by atoms with Gasteiger partial charge in [0.2, 0.25) is 0 Å². The Kier molecular flexibility index (Phi) is 4.07. The zero-order valence-electron chi connectivity index (χ0n) is 11.5. The molecule has 1 N–H and O–H groups in total. The van der Waals surface area contributed by atoms with E-state index < -0.39 is 0 Å². The molecule has 1 aromatic carbocycles. The summed E-state index contributed by atoms with van der Waals surface area (Å²) in [6.45, 7) is 2.41. The Labute approximate surface area is 122 Å². The smallest absolute Gasteiger partial charge is 0.123 e. The molecule has 0 saturated heterocycles. The molecule has 0 spiro atoms. The molecule has 0 aliphatic heterocycles. The van der Waals surface area contributed by atoms with Gasteiger partial charge in [-0.3, -0.25) is 4.68 Å². The molecule has 0 bridgehead atoms. The van der Waals surface area contributed by atoms with E-state index in [4.69, 9.17) is 0 Å². The van der Waals surface area contributed by atoms with E-state index in [1.807, 2.05) is 29.3 Å². The molecule has 6 heteroatoms. The van der Waals surface area contributed by atoms with Crippen LogP contribution in [-0.2, 0) is 13.1 Å². The third-order valence-electron chi connectivity index (χ3n) is 3.13. The first-order valence-corrected chi connectivity index (χ1v) is 6.79. The van der Waals surface area contributed by atoms with E-state index >= 15 is 0 Å². The fourth-order valence-corrected chi connectivity index (χ4v) is 2.05. The highest BCUT2D eigenvalue weighted by Crippen LogP contribution is 2.09. The highest BCUT2D eigenvalue weighted by atomic mass is 19.1. The molecular weight excluding hydrogens is 269 g/mol. The van der Waals surface area contributed by atoms with Crippen LogP contribution in [-0.4, -0.2) is 26.1 Å². The predicted molar refractivity (Wildman–Crippen MR) is 77.5 cm³/mol. The number of hydrogen-bond acceptors (Lipinski definition) is 3. The zero-order valence-corrected chi connectivity index (χ0v) is 11.5. The molecule has 3 aromatic rings. The number of rotatable bonds is 6. The van der Waals surface area contributed by atoms with Crippen molar-refractivity contribution < 1.29 is 4.39 Å². The maximum Gasteiger partial charge on any atom is 0.123 e. The summed E-state index contributed by atoms with van der Waals surface area (Å²) in [7, 11) is 0. The molecule has 0 aliphatic carbocycles. The van der Waals surface area contributed by atoms with Crippen molar-refractivity contribution in [3.8, 4) is 5.69 Å². The molecule has 3 rings (SSSR count). The van der Waals surface area contributed by atoms with Crippen LogP contribution in [0.2, 0.25) is 0 Å². The van der Waals surface area contributed by atoms with E-state index in [1.54, 1.807) is 23.0 Å². The first-order valence-electron chi connectivity index (χ1n) is 6.79. The quantitative estimate of drug-likeness (QED) is 0.705. The highest BCUT2D eigenvalue weighted by molar-refractivity contribution is 5.31. The number of nitrogens with zero attached hydrogens (tertiary/aromatic N) is 4. The Morgan fingerprint density at radius 2 is 2.00 bits per heavy atom. The lowest BCUT2D eigenvalue weighted by Crippen LogP contribution is -2.19. The average molecular weight is 285 g/mol. The molecule has 108 valence electrons. The van der Waals surface area contributed by atoms with Crippen molar-refractivity contribution in [2.75, 3.05) is 6.54 Å². The fourth-order valence-electron chi connectivity index (χ4n) is 2.05. The maximum atomic E-state index is 12.9. The van der Waals surface area contributed by atoms with Crippen LogP contribution in [0.5, 0.6) is 0 Å². The minimum Gasteiger partial charge on any atom is -0.311 e. The molecule has 2 aromatic heterocycles. The summed E-state index contributed by atoms with van der Waals surface area (Å²) in [5, 5.41) is 11.8. The number of aromatic nitrogens is 4. The standard InChI is InChI=1S/C15H16FN5/c16-14-2-4-15(5-3-14)21-12-13(11-19-21)10-17-7-9-20-8-1-6-18-20/h1-6,8,11-12,17H,7,9-10H2. The summed E-state index contributed by atoms with van der Waals surface area (Å²) in [5.41, 5.74) is 1.93. The molecular formula is C15H16FN5. The maximum absolute atomic E-state index is 12.9. The highest BCUT2D eigenvalue weighted by Gasteiger charge is 2.01. The number of nitrogens with one attached hydrogen (secondary N) is 1. The minimum atomic E-state index is -0.244. The Morgan fingerprint density at radius 3 is 2.76 bits per heavy atom. The van der Waals surface area contributed by atoms with Crippen molar-refractivity contribution >= 4 is 0 Å². The number of halogens is 1. The van der Waals surface area contributed by atoms with Gasteiger partial charge in [-0.25, -0.2) is 9.07 Å². The van der Waals surface area contributed by atoms with Gasteiger partial charge in [-0.2, -0.15) is 10.2 Å². The Balaban J connectivity index is 1.52. The first-order chi connectivity index (χ1) is 10.3. The summed E-state index contributed by atoms with van der Waals surface area (Å²) in [6.07, 6.45) is 7.46. The molecule has 5 nitrogen and oxygen atoms in total. The van der Waals surface area contributed by atoms with E-state index in [1.165, 1.54) is 12.1 Å². The molecule has 0 radical (unpaired) electrons. The van der Waals surface area contributed by atoms with E-state index in [2.05, 4.69) is 15.5 Å². The molecule has 0 saturated carbocycles. The van der Waals surface area contributed by atoms with Gasteiger partial charge in [-0.1, -0.05) is 0 Å². The van der Waals surface area contributed by atoms with E-state index in [0.29, 0.717) is 0 Å². The number of benzene rings is 1. The molecule has 0 amide bonds. The van der Waals surface area contributed by atoms with Crippen molar-refractivity contribution in [2.45, 2.75) is 13.1 Å². The van der Waals surface area contributed by atoms with E-state index in [-0.39, 0.29) is 5.82 Å². The van der Waals surface area contributed by atoms with Crippen LogP contribution in [0, 0.1) is 5.82 Å². The SMILES string of the molecule is Fc1ccc(-n2cc(CNCCn3cccn3)cn2)cc1. The first kappa shape index (κ1) is 13.5. The van der Waals surface area contributed by atoms with Gasteiger partial charge in [0.05, 0.1) is 18.4 Å². The Hall–Kier alpha value is -2.47. The van der Waals surface area contributed by atoms with Crippen LogP contribution in [0.4, 0.5) is 4.39 Å². The van der Waals surface area contributed by atoms with Gasteiger partial charge >= 0.3 is 0 Å². The molecule has 21 heavy (non-hydrogen) atoms. The summed E-state index contributed by atoms with van der Waals surface area (Å²) in [4.78, 5) is 0. The Bertz CT molecular complexity index is 672. The van der Waals surface area contributed by atoms with Gasteiger partial charge in [0.1, 0.15) is 5.82 Å². The van der Waals surface area contributed by atoms with Crippen molar-refractivity contribution in [1.82, 2.24) is 24.9 Å². The zero-order chi connectivity index (χ0) is 14.5. The lowest BCUT2D eigenvalue weighted by molar-refractivity contribution is 0.555. The minimum absolute atomic E-state index is 0.244. The third-order valence-corrected chi connectivity index (χ3v) is 3.13. The van der Waals surface area contributed by atoms with Gasteiger partial charge < -0.3 is 5.32 Å². The largest absolute Gasteiger partial charge is 0.311 e. The monoisotopic (exact) mass is 285 g/mol. The van der Waals surface area contributed by atoms with Crippen molar-refractivity contribution in [2.24, 2.45) is 0 Å². The summed E-state index contributed by atoms with van der Waals surface area (Å²) in [6, 6.07) is 8.18. The topological polar surface area (TPSA) is 47.7 Å². The Morgan fingerprint density at radius 1 is 1.14 bits per heavy atom. The van der Waals surface area contributed by atoms with Crippen LogP contribution < -0.4 is 5.32 Å². The van der Waals surface area contributed by atoms with Crippen LogP contribution in [0.1, 0.15) is 5.56 Å². The summed E-state index contributed by atoms with van der Waals surface area (Å²) >= 11 is 0. The van der Waals surface area contributed by atoms with Gasteiger partial charge in [0, 0.05) is 37.2 Å². The predicted octanol–water partition coefficient (Wildman–Crippen LogP) is 2.00. The normalized spacial score (nSPS) is 10.9. The molecule has 0 atom stereocenters. The van der Waals surface area contributed by atoms with Gasteiger partial charge in [-0.05, 0) is 30.3 Å². The van der Waals surface area contributed by atoms with E-state index in [9.17, 15) is 4.39 Å². The summed E-state index contributed by atoms with van der Waals surface area (Å²) in [5.74, 6) is -0.244. The molecule has 0 fully saturated rings. The second-order valence-corrected chi connectivity index (χ2v) is 4.72. The van der Waals surface area contributed by atoms with Gasteiger partial charge in [-0.15, -0.1) is 0 Å². The average Bonchev–Trinajstić information content (AvgIpc) is 3.16. The summed E-state index contributed by atoms with van der Waals surface area (Å²) < 4.78 is 16.5. The second kappa shape index (κ2) is 6.32. The molecule has 0 aliphatic rings.